The van der Waals surface area contributed by atoms with E-state index >= 15 is 0 Å². The molecule has 0 aliphatic carbocycles. The number of nitrogens with zero attached hydrogens (tertiary/aromatic N) is 4. The van der Waals surface area contributed by atoms with Crippen LogP contribution in [0.15, 0.2) is 6.33 Å². The molecule has 5 heteroatoms. The average Bonchev–Trinajstić information content (AvgIpc) is 2.55. The third-order valence-corrected chi connectivity index (χ3v) is 3.29. The van der Waals surface area contributed by atoms with E-state index in [2.05, 4.69) is 24.8 Å². The number of aryl methyl sites for hydroxylation is 1. The van der Waals surface area contributed by atoms with Crippen molar-refractivity contribution in [2.75, 3.05) is 18.0 Å². The molecular weight excluding hydrogens is 214 g/mol. The van der Waals surface area contributed by atoms with E-state index in [9.17, 15) is 0 Å². The molecule has 90 valence electrons. The summed E-state index contributed by atoms with van der Waals surface area (Å²) in [5.41, 5.74) is 1.75. The van der Waals surface area contributed by atoms with Gasteiger partial charge in [-0.2, -0.15) is 0 Å². The molecule has 0 spiro atoms. The first-order valence-corrected chi connectivity index (χ1v) is 6.27. The smallest absolute Gasteiger partial charge is 0.183 e. The summed E-state index contributed by atoms with van der Waals surface area (Å²) in [6, 6.07) is 0. The van der Waals surface area contributed by atoms with Crippen molar-refractivity contribution in [1.82, 2.24) is 19.9 Å². The lowest BCUT2D eigenvalue weighted by molar-refractivity contribution is 0.726. The van der Waals surface area contributed by atoms with E-state index in [1.54, 1.807) is 6.33 Å². The number of fused-ring (bicyclic) bond motifs is 1. The first-order valence-electron chi connectivity index (χ1n) is 6.27. The summed E-state index contributed by atoms with van der Waals surface area (Å²) < 4.78 is 0. The quantitative estimate of drug-likeness (QED) is 0.816. The summed E-state index contributed by atoms with van der Waals surface area (Å²) in [7, 11) is 0. The molecule has 1 aliphatic rings. The topological polar surface area (TPSA) is 57.7 Å². The summed E-state index contributed by atoms with van der Waals surface area (Å²) in [5, 5.41) is 0. The predicted molar refractivity (Wildman–Crippen MR) is 67.1 cm³/mol. The molecule has 2 aromatic rings. The Labute approximate surface area is 100 Å². The summed E-state index contributed by atoms with van der Waals surface area (Å²) in [6.45, 7) is 4.13. The van der Waals surface area contributed by atoms with Gasteiger partial charge in [0.15, 0.2) is 11.5 Å². The first-order chi connectivity index (χ1) is 8.34. The van der Waals surface area contributed by atoms with Gasteiger partial charge < -0.3 is 9.88 Å². The maximum atomic E-state index is 4.43. The van der Waals surface area contributed by atoms with E-state index in [0.717, 1.165) is 35.9 Å². The van der Waals surface area contributed by atoms with E-state index in [1.165, 1.54) is 25.7 Å². The summed E-state index contributed by atoms with van der Waals surface area (Å²) in [4.78, 5) is 18.6. The zero-order chi connectivity index (χ0) is 11.7. The molecule has 2 aromatic heterocycles. The fourth-order valence-electron chi connectivity index (χ4n) is 2.45. The number of H-pyrrole nitrogens is 1. The lowest BCUT2D eigenvalue weighted by Gasteiger charge is -2.21. The molecule has 0 atom stereocenters. The highest BCUT2D eigenvalue weighted by Crippen LogP contribution is 2.23. The van der Waals surface area contributed by atoms with Crippen molar-refractivity contribution in [3.05, 3.63) is 12.2 Å². The fourth-order valence-corrected chi connectivity index (χ4v) is 2.45. The number of rotatable bonds is 1. The summed E-state index contributed by atoms with van der Waals surface area (Å²) in [6.07, 6.45) is 6.76. The van der Waals surface area contributed by atoms with Crippen LogP contribution in [0.4, 0.5) is 5.82 Å². The predicted octanol–water partition coefficient (Wildman–Crippen LogP) is 2.04. The highest BCUT2D eigenvalue weighted by Gasteiger charge is 2.16. The van der Waals surface area contributed by atoms with Crippen LogP contribution in [0.2, 0.25) is 0 Å². The lowest BCUT2D eigenvalue weighted by Crippen LogP contribution is -2.25. The van der Waals surface area contributed by atoms with E-state index in [4.69, 9.17) is 0 Å². The van der Waals surface area contributed by atoms with Crippen LogP contribution in [-0.2, 0) is 0 Å². The molecule has 1 N–H and O–H groups in total. The molecular formula is C12H17N5. The first kappa shape index (κ1) is 10.5. The van der Waals surface area contributed by atoms with Crippen molar-refractivity contribution >= 4 is 17.0 Å². The number of imidazole rings is 1. The van der Waals surface area contributed by atoms with Crippen LogP contribution in [0.25, 0.3) is 11.2 Å². The highest BCUT2D eigenvalue weighted by atomic mass is 15.2. The Balaban J connectivity index is 2.03. The molecule has 1 saturated heterocycles. The molecule has 0 radical (unpaired) electrons. The van der Waals surface area contributed by atoms with Crippen molar-refractivity contribution in [3.8, 4) is 0 Å². The van der Waals surface area contributed by atoms with E-state index in [-0.39, 0.29) is 0 Å². The Morgan fingerprint density at radius 3 is 2.65 bits per heavy atom. The highest BCUT2D eigenvalue weighted by molar-refractivity contribution is 5.83. The van der Waals surface area contributed by atoms with Crippen molar-refractivity contribution in [3.63, 3.8) is 0 Å². The number of anilines is 1. The Morgan fingerprint density at radius 1 is 1.12 bits per heavy atom. The van der Waals surface area contributed by atoms with Gasteiger partial charge in [0.05, 0.1) is 0 Å². The fraction of sp³-hybridized carbons (Fsp3) is 0.583. The monoisotopic (exact) mass is 231 g/mol. The van der Waals surface area contributed by atoms with Crippen LogP contribution in [0.3, 0.4) is 0 Å². The van der Waals surface area contributed by atoms with Gasteiger partial charge in [0.2, 0.25) is 0 Å². The van der Waals surface area contributed by atoms with E-state index in [0.29, 0.717) is 0 Å². The van der Waals surface area contributed by atoms with E-state index < -0.39 is 0 Å². The Kier molecular flexibility index (Phi) is 2.66. The van der Waals surface area contributed by atoms with Gasteiger partial charge in [0.1, 0.15) is 17.7 Å². The average molecular weight is 231 g/mol. The third kappa shape index (κ3) is 1.97. The number of hydrogen-bond donors (Lipinski definition) is 1. The zero-order valence-electron chi connectivity index (χ0n) is 10.1. The largest absolute Gasteiger partial charge is 0.355 e. The summed E-state index contributed by atoms with van der Waals surface area (Å²) >= 11 is 0. The molecule has 3 heterocycles. The van der Waals surface area contributed by atoms with Crippen molar-refractivity contribution in [2.24, 2.45) is 0 Å². The Bertz CT molecular complexity index is 511. The van der Waals surface area contributed by atoms with Crippen LogP contribution in [-0.4, -0.2) is 33.0 Å². The standard InChI is InChI=1S/C12H17N5/c1-9-15-10-11(16-9)13-8-14-12(10)17-6-4-2-3-5-7-17/h8H,2-7H2,1H3,(H,13,14,15,16). The Hall–Kier alpha value is -1.65. The van der Waals surface area contributed by atoms with E-state index in [1.807, 2.05) is 6.92 Å². The third-order valence-electron chi connectivity index (χ3n) is 3.29. The van der Waals surface area contributed by atoms with Crippen LogP contribution in [0.1, 0.15) is 31.5 Å². The molecule has 3 rings (SSSR count). The van der Waals surface area contributed by atoms with Crippen LogP contribution >= 0.6 is 0 Å². The van der Waals surface area contributed by atoms with Gasteiger partial charge in [-0.3, -0.25) is 0 Å². The molecule has 0 amide bonds. The van der Waals surface area contributed by atoms with Crippen LogP contribution in [0.5, 0.6) is 0 Å². The minimum Gasteiger partial charge on any atom is -0.355 e. The molecule has 0 bridgehead atoms. The molecule has 0 aromatic carbocycles. The molecule has 1 fully saturated rings. The van der Waals surface area contributed by atoms with Crippen molar-refractivity contribution in [1.29, 1.82) is 0 Å². The lowest BCUT2D eigenvalue weighted by atomic mass is 10.2. The van der Waals surface area contributed by atoms with Gasteiger partial charge in [-0.15, -0.1) is 0 Å². The van der Waals surface area contributed by atoms with Gasteiger partial charge in [0.25, 0.3) is 0 Å². The molecule has 17 heavy (non-hydrogen) atoms. The maximum absolute atomic E-state index is 4.43. The number of nitrogens with one attached hydrogen (secondary N) is 1. The molecule has 5 nitrogen and oxygen atoms in total. The minimum atomic E-state index is 0.775. The number of aromatic amines is 1. The second kappa shape index (κ2) is 4.31. The SMILES string of the molecule is Cc1nc2ncnc(N3CCCCCC3)c2[nH]1. The van der Waals surface area contributed by atoms with Crippen LogP contribution < -0.4 is 4.90 Å². The number of aromatic nitrogens is 4. The zero-order valence-corrected chi connectivity index (χ0v) is 10.1. The molecule has 1 aliphatic heterocycles. The molecule has 0 saturated carbocycles. The van der Waals surface area contributed by atoms with Gasteiger partial charge >= 0.3 is 0 Å². The van der Waals surface area contributed by atoms with Gasteiger partial charge in [-0.05, 0) is 19.8 Å². The van der Waals surface area contributed by atoms with Gasteiger partial charge in [-0.25, -0.2) is 15.0 Å². The summed E-state index contributed by atoms with van der Waals surface area (Å²) in [5.74, 6) is 1.91. The van der Waals surface area contributed by atoms with Crippen molar-refractivity contribution in [2.45, 2.75) is 32.6 Å². The second-order valence-electron chi connectivity index (χ2n) is 4.62. The Morgan fingerprint density at radius 2 is 1.88 bits per heavy atom. The minimum absolute atomic E-state index is 0.775. The number of hydrogen-bond acceptors (Lipinski definition) is 4. The maximum Gasteiger partial charge on any atom is 0.183 e. The normalized spacial score (nSPS) is 17.4. The molecule has 0 unspecified atom stereocenters. The van der Waals surface area contributed by atoms with Crippen molar-refractivity contribution < 1.29 is 0 Å². The second-order valence-corrected chi connectivity index (χ2v) is 4.62. The van der Waals surface area contributed by atoms with Gasteiger partial charge in [0, 0.05) is 13.1 Å². The van der Waals surface area contributed by atoms with Crippen LogP contribution in [0, 0.1) is 6.92 Å². The van der Waals surface area contributed by atoms with Gasteiger partial charge in [-0.1, -0.05) is 12.8 Å².